The van der Waals surface area contributed by atoms with E-state index < -0.39 is 23.7 Å². The van der Waals surface area contributed by atoms with Crippen LogP contribution in [0.25, 0.3) is 0 Å². The molecule has 2 aromatic carbocycles. The van der Waals surface area contributed by atoms with E-state index in [-0.39, 0.29) is 0 Å². The van der Waals surface area contributed by atoms with Gasteiger partial charge in [-0.05, 0) is 36.8 Å². The molecule has 122 valence electrons. The SMILES string of the molecule is CC(NC(=O)NCCOc1ccccc1)c1ccc(F)c(F)c1. The molecule has 6 heteroatoms. The summed E-state index contributed by atoms with van der Waals surface area (Å²) in [6, 6.07) is 11.9. The van der Waals surface area contributed by atoms with Crippen molar-refractivity contribution in [2.45, 2.75) is 13.0 Å². The third-order valence-corrected chi connectivity index (χ3v) is 3.19. The number of nitrogens with one attached hydrogen (secondary N) is 2. The van der Waals surface area contributed by atoms with Crippen molar-refractivity contribution < 1.29 is 18.3 Å². The maximum absolute atomic E-state index is 13.2. The molecule has 0 saturated heterocycles. The van der Waals surface area contributed by atoms with E-state index in [1.165, 1.54) is 6.07 Å². The first-order valence-corrected chi connectivity index (χ1v) is 7.23. The Morgan fingerprint density at radius 1 is 1.13 bits per heavy atom. The maximum Gasteiger partial charge on any atom is 0.315 e. The van der Waals surface area contributed by atoms with Gasteiger partial charge in [-0.1, -0.05) is 24.3 Å². The molecule has 2 aromatic rings. The lowest BCUT2D eigenvalue weighted by Crippen LogP contribution is -2.39. The molecule has 0 bridgehead atoms. The van der Waals surface area contributed by atoms with Crippen LogP contribution in [-0.2, 0) is 0 Å². The number of ether oxygens (including phenoxy) is 1. The van der Waals surface area contributed by atoms with E-state index in [4.69, 9.17) is 4.74 Å². The van der Waals surface area contributed by atoms with Gasteiger partial charge in [0, 0.05) is 0 Å². The molecule has 0 heterocycles. The number of carbonyl (C=O) groups excluding carboxylic acids is 1. The highest BCUT2D eigenvalue weighted by atomic mass is 19.2. The van der Waals surface area contributed by atoms with Gasteiger partial charge in [-0.15, -0.1) is 0 Å². The summed E-state index contributed by atoms with van der Waals surface area (Å²) in [5, 5.41) is 5.28. The number of para-hydroxylation sites is 1. The molecule has 1 atom stereocenters. The van der Waals surface area contributed by atoms with Gasteiger partial charge in [-0.25, -0.2) is 13.6 Å². The van der Waals surface area contributed by atoms with E-state index in [0.717, 1.165) is 17.9 Å². The molecular weight excluding hydrogens is 302 g/mol. The van der Waals surface area contributed by atoms with Crippen molar-refractivity contribution in [2.24, 2.45) is 0 Å². The van der Waals surface area contributed by atoms with Gasteiger partial charge in [0.25, 0.3) is 0 Å². The third kappa shape index (κ3) is 5.25. The number of carbonyl (C=O) groups is 1. The second-order valence-electron chi connectivity index (χ2n) is 4.96. The lowest BCUT2D eigenvalue weighted by molar-refractivity contribution is 0.233. The summed E-state index contributed by atoms with van der Waals surface area (Å²) < 4.78 is 31.5. The van der Waals surface area contributed by atoms with Crippen LogP contribution in [0.1, 0.15) is 18.5 Å². The quantitative estimate of drug-likeness (QED) is 0.802. The lowest BCUT2D eigenvalue weighted by Gasteiger charge is -2.15. The second-order valence-corrected chi connectivity index (χ2v) is 4.96. The van der Waals surface area contributed by atoms with E-state index in [0.29, 0.717) is 18.7 Å². The van der Waals surface area contributed by atoms with Crippen LogP contribution in [0.15, 0.2) is 48.5 Å². The zero-order valence-electron chi connectivity index (χ0n) is 12.7. The summed E-state index contributed by atoms with van der Waals surface area (Å²) in [7, 11) is 0. The number of rotatable bonds is 6. The molecule has 0 saturated carbocycles. The van der Waals surface area contributed by atoms with Gasteiger partial charge in [0.15, 0.2) is 11.6 Å². The first-order chi connectivity index (χ1) is 11.1. The molecule has 0 fully saturated rings. The number of amides is 2. The van der Waals surface area contributed by atoms with Crippen molar-refractivity contribution in [1.82, 2.24) is 10.6 Å². The average Bonchev–Trinajstić information content (AvgIpc) is 2.55. The largest absolute Gasteiger partial charge is 0.492 e. The van der Waals surface area contributed by atoms with Gasteiger partial charge in [-0.2, -0.15) is 0 Å². The van der Waals surface area contributed by atoms with Gasteiger partial charge in [0.2, 0.25) is 0 Å². The van der Waals surface area contributed by atoms with Crippen molar-refractivity contribution >= 4 is 6.03 Å². The standard InChI is InChI=1S/C17H18F2N2O2/c1-12(13-7-8-15(18)16(19)11-13)21-17(22)20-9-10-23-14-5-3-2-4-6-14/h2-8,11-12H,9-10H2,1H3,(H2,20,21,22). The molecule has 0 aliphatic carbocycles. The molecule has 2 N–H and O–H groups in total. The zero-order valence-corrected chi connectivity index (χ0v) is 12.7. The molecule has 2 rings (SSSR count). The van der Waals surface area contributed by atoms with Gasteiger partial charge in [-0.3, -0.25) is 0 Å². The monoisotopic (exact) mass is 320 g/mol. The summed E-state index contributed by atoms with van der Waals surface area (Å²) >= 11 is 0. The average molecular weight is 320 g/mol. The van der Waals surface area contributed by atoms with E-state index in [9.17, 15) is 13.6 Å². The number of hydrogen-bond donors (Lipinski definition) is 2. The first kappa shape index (κ1) is 16.7. The summed E-state index contributed by atoms with van der Waals surface area (Å²) in [6.45, 7) is 2.34. The topological polar surface area (TPSA) is 50.4 Å². The predicted molar refractivity (Wildman–Crippen MR) is 83.2 cm³/mol. The minimum Gasteiger partial charge on any atom is -0.492 e. The molecule has 2 amide bonds. The van der Waals surface area contributed by atoms with E-state index in [1.807, 2.05) is 30.3 Å². The molecule has 0 aromatic heterocycles. The van der Waals surface area contributed by atoms with Crippen molar-refractivity contribution in [3.05, 3.63) is 65.7 Å². The Bertz CT molecular complexity index is 650. The van der Waals surface area contributed by atoms with E-state index >= 15 is 0 Å². The molecule has 4 nitrogen and oxygen atoms in total. The van der Waals surface area contributed by atoms with Gasteiger partial charge < -0.3 is 15.4 Å². The van der Waals surface area contributed by atoms with Crippen LogP contribution in [0.4, 0.5) is 13.6 Å². The Balaban J connectivity index is 1.72. The fraction of sp³-hybridized carbons (Fsp3) is 0.235. The highest BCUT2D eigenvalue weighted by molar-refractivity contribution is 5.74. The highest BCUT2D eigenvalue weighted by Gasteiger charge is 2.11. The minimum atomic E-state index is -0.937. The predicted octanol–water partition coefficient (Wildman–Crippen LogP) is 3.40. The Morgan fingerprint density at radius 3 is 2.57 bits per heavy atom. The highest BCUT2D eigenvalue weighted by Crippen LogP contribution is 2.15. The molecule has 23 heavy (non-hydrogen) atoms. The van der Waals surface area contributed by atoms with Crippen LogP contribution < -0.4 is 15.4 Å². The molecule has 0 radical (unpaired) electrons. The van der Waals surface area contributed by atoms with Crippen LogP contribution in [0, 0.1) is 11.6 Å². The summed E-state index contributed by atoms with van der Waals surface area (Å²) in [4.78, 5) is 11.7. The van der Waals surface area contributed by atoms with Crippen LogP contribution >= 0.6 is 0 Å². The molecule has 0 aliphatic heterocycles. The van der Waals surface area contributed by atoms with Crippen molar-refractivity contribution in [3.8, 4) is 5.75 Å². The molecule has 0 spiro atoms. The summed E-state index contributed by atoms with van der Waals surface area (Å²) in [5.74, 6) is -1.12. The molecular formula is C17H18F2N2O2. The molecule has 0 aliphatic rings. The van der Waals surface area contributed by atoms with Crippen LogP contribution in [0.2, 0.25) is 0 Å². The van der Waals surface area contributed by atoms with Gasteiger partial charge in [0.1, 0.15) is 12.4 Å². The van der Waals surface area contributed by atoms with Crippen LogP contribution in [0.3, 0.4) is 0 Å². The van der Waals surface area contributed by atoms with Crippen molar-refractivity contribution in [2.75, 3.05) is 13.2 Å². The molecule has 1 unspecified atom stereocenters. The Kier molecular flexibility index (Phi) is 5.91. The zero-order chi connectivity index (χ0) is 16.7. The Hall–Kier alpha value is -2.63. The fourth-order valence-corrected chi connectivity index (χ4v) is 1.96. The number of benzene rings is 2. The summed E-state index contributed by atoms with van der Waals surface area (Å²) in [6.07, 6.45) is 0. The third-order valence-electron chi connectivity index (χ3n) is 3.19. The van der Waals surface area contributed by atoms with Crippen LogP contribution in [0.5, 0.6) is 5.75 Å². The fourth-order valence-electron chi connectivity index (χ4n) is 1.96. The first-order valence-electron chi connectivity index (χ1n) is 7.23. The number of urea groups is 1. The minimum absolute atomic E-state index is 0.325. The van der Waals surface area contributed by atoms with Crippen LogP contribution in [-0.4, -0.2) is 19.2 Å². The Labute approximate surface area is 133 Å². The van der Waals surface area contributed by atoms with Gasteiger partial charge in [0.05, 0.1) is 12.6 Å². The maximum atomic E-state index is 13.2. The smallest absolute Gasteiger partial charge is 0.315 e. The summed E-state index contributed by atoms with van der Waals surface area (Å²) in [5.41, 5.74) is 0.486. The van der Waals surface area contributed by atoms with Gasteiger partial charge >= 0.3 is 6.03 Å². The Morgan fingerprint density at radius 2 is 1.87 bits per heavy atom. The van der Waals surface area contributed by atoms with Crippen molar-refractivity contribution in [1.29, 1.82) is 0 Å². The second kappa shape index (κ2) is 8.12. The van der Waals surface area contributed by atoms with E-state index in [2.05, 4.69) is 10.6 Å². The normalized spacial score (nSPS) is 11.6. The lowest BCUT2D eigenvalue weighted by atomic mass is 10.1. The van der Waals surface area contributed by atoms with Crippen molar-refractivity contribution in [3.63, 3.8) is 0 Å². The number of halogens is 2. The number of hydrogen-bond acceptors (Lipinski definition) is 2. The van der Waals surface area contributed by atoms with E-state index in [1.54, 1.807) is 6.92 Å².